The van der Waals surface area contributed by atoms with Crippen LogP contribution in [0.1, 0.15) is 13.8 Å². The first-order valence-electron chi connectivity index (χ1n) is 5.45. The van der Waals surface area contributed by atoms with Gasteiger partial charge in [-0.05, 0) is 38.1 Å². The Morgan fingerprint density at radius 3 is 2.35 bits per heavy atom. The predicted octanol–water partition coefficient (Wildman–Crippen LogP) is 1.64. The fraction of sp³-hybridized carbons (Fsp3) is 0.385. The van der Waals surface area contributed by atoms with Crippen LogP contribution in [-0.4, -0.2) is 25.3 Å². The third kappa shape index (κ3) is 1.60. The van der Waals surface area contributed by atoms with Crippen LogP contribution in [0.15, 0.2) is 24.3 Å². The highest BCUT2D eigenvalue weighted by Crippen LogP contribution is 2.41. The SMILES string of the molecule is COc1ccc(N2C(=O)C(C)(C)C2C=O)cc1. The molecule has 4 nitrogen and oxygen atoms in total. The minimum Gasteiger partial charge on any atom is -0.497 e. The molecule has 17 heavy (non-hydrogen) atoms. The molecule has 1 saturated heterocycles. The zero-order valence-electron chi connectivity index (χ0n) is 10.1. The molecule has 0 bridgehead atoms. The Morgan fingerprint density at radius 1 is 1.29 bits per heavy atom. The average Bonchev–Trinajstić information content (AvgIpc) is 2.35. The molecule has 0 aromatic heterocycles. The lowest BCUT2D eigenvalue weighted by Gasteiger charge is -2.50. The van der Waals surface area contributed by atoms with Crippen LogP contribution in [0.25, 0.3) is 0 Å². The standard InChI is InChI=1S/C13H15NO3/c1-13(2)11(8-15)14(12(13)16)9-4-6-10(17-3)7-5-9/h4-8,11H,1-3H3. The van der Waals surface area contributed by atoms with E-state index in [1.807, 2.05) is 0 Å². The molecule has 1 unspecified atom stereocenters. The normalized spacial score (nSPS) is 21.9. The average molecular weight is 233 g/mol. The van der Waals surface area contributed by atoms with Gasteiger partial charge in [0, 0.05) is 5.69 Å². The fourth-order valence-electron chi connectivity index (χ4n) is 2.07. The lowest BCUT2D eigenvalue weighted by molar-refractivity contribution is -0.140. The highest BCUT2D eigenvalue weighted by atomic mass is 16.5. The summed E-state index contributed by atoms with van der Waals surface area (Å²) in [5, 5.41) is 0. The van der Waals surface area contributed by atoms with Gasteiger partial charge in [0.2, 0.25) is 5.91 Å². The van der Waals surface area contributed by atoms with Gasteiger partial charge in [-0.25, -0.2) is 0 Å². The van der Waals surface area contributed by atoms with Crippen molar-refractivity contribution < 1.29 is 14.3 Å². The van der Waals surface area contributed by atoms with E-state index >= 15 is 0 Å². The number of carbonyl (C=O) groups excluding carboxylic acids is 2. The van der Waals surface area contributed by atoms with E-state index in [0.29, 0.717) is 0 Å². The summed E-state index contributed by atoms with van der Waals surface area (Å²) >= 11 is 0. The molecule has 1 heterocycles. The molecular weight excluding hydrogens is 218 g/mol. The number of carbonyl (C=O) groups is 2. The number of rotatable bonds is 3. The Balaban J connectivity index is 2.28. The van der Waals surface area contributed by atoms with Crippen LogP contribution in [0.5, 0.6) is 5.75 Å². The maximum Gasteiger partial charge on any atom is 0.235 e. The minimum atomic E-state index is -0.596. The van der Waals surface area contributed by atoms with Crippen LogP contribution < -0.4 is 9.64 Å². The van der Waals surface area contributed by atoms with Crippen LogP contribution in [-0.2, 0) is 9.59 Å². The van der Waals surface area contributed by atoms with Crippen molar-refractivity contribution in [2.75, 3.05) is 12.0 Å². The van der Waals surface area contributed by atoms with Crippen molar-refractivity contribution in [2.24, 2.45) is 5.41 Å². The molecule has 4 heteroatoms. The van der Waals surface area contributed by atoms with Gasteiger partial charge in [0.05, 0.1) is 12.5 Å². The largest absolute Gasteiger partial charge is 0.497 e. The molecule has 2 rings (SSSR count). The highest BCUT2D eigenvalue weighted by Gasteiger charge is 2.54. The molecule has 0 aliphatic carbocycles. The molecule has 0 radical (unpaired) electrons. The van der Waals surface area contributed by atoms with E-state index in [9.17, 15) is 9.59 Å². The van der Waals surface area contributed by atoms with Crippen molar-refractivity contribution in [3.63, 3.8) is 0 Å². The van der Waals surface area contributed by atoms with E-state index in [1.165, 1.54) is 4.90 Å². The van der Waals surface area contributed by atoms with Crippen molar-refractivity contribution in [3.8, 4) is 5.75 Å². The molecule has 1 aromatic carbocycles. The number of methoxy groups -OCH3 is 1. The zero-order chi connectivity index (χ0) is 12.6. The Labute approximate surface area is 100 Å². The van der Waals surface area contributed by atoms with E-state index in [1.54, 1.807) is 45.2 Å². The molecule has 1 fully saturated rings. The highest BCUT2D eigenvalue weighted by molar-refractivity contribution is 6.10. The van der Waals surface area contributed by atoms with Crippen LogP contribution in [0.4, 0.5) is 5.69 Å². The maximum absolute atomic E-state index is 11.9. The van der Waals surface area contributed by atoms with Gasteiger partial charge in [-0.15, -0.1) is 0 Å². The Hall–Kier alpha value is -1.84. The second-order valence-corrected chi connectivity index (χ2v) is 4.68. The number of ether oxygens (including phenoxy) is 1. The molecule has 0 saturated carbocycles. The molecule has 1 aliphatic rings. The monoisotopic (exact) mass is 233 g/mol. The summed E-state index contributed by atoms with van der Waals surface area (Å²) in [6, 6.07) is 6.72. The summed E-state index contributed by atoms with van der Waals surface area (Å²) in [5.41, 5.74) is 0.133. The summed E-state index contributed by atoms with van der Waals surface area (Å²) in [5.74, 6) is 0.698. The summed E-state index contributed by atoms with van der Waals surface area (Å²) < 4.78 is 5.05. The van der Waals surface area contributed by atoms with Gasteiger partial charge < -0.3 is 14.4 Å². The smallest absolute Gasteiger partial charge is 0.235 e. The quantitative estimate of drug-likeness (QED) is 0.589. The predicted molar refractivity (Wildman–Crippen MR) is 64.1 cm³/mol. The minimum absolute atomic E-state index is 0.0280. The first-order valence-corrected chi connectivity index (χ1v) is 5.45. The number of nitrogens with zero attached hydrogens (tertiary/aromatic N) is 1. The Bertz CT molecular complexity index is 450. The fourth-order valence-corrected chi connectivity index (χ4v) is 2.07. The Morgan fingerprint density at radius 2 is 1.88 bits per heavy atom. The molecule has 0 spiro atoms. The number of β-lactam (4-membered cyclic amide) rings is 1. The molecule has 1 amide bonds. The zero-order valence-corrected chi connectivity index (χ0v) is 10.1. The topological polar surface area (TPSA) is 46.6 Å². The number of benzene rings is 1. The first-order chi connectivity index (χ1) is 8.02. The van der Waals surface area contributed by atoms with Gasteiger partial charge in [0.1, 0.15) is 18.1 Å². The molecule has 1 aromatic rings. The first kappa shape index (κ1) is 11.6. The maximum atomic E-state index is 11.9. The lowest BCUT2D eigenvalue weighted by atomic mass is 9.74. The van der Waals surface area contributed by atoms with Crippen molar-refractivity contribution in [3.05, 3.63) is 24.3 Å². The van der Waals surface area contributed by atoms with Crippen molar-refractivity contribution in [1.29, 1.82) is 0 Å². The van der Waals surface area contributed by atoms with Crippen molar-refractivity contribution >= 4 is 17.9 Å². The second kappa shape index (κ2) is 3.87. The number of hydrogen-bond acceptors (Lipinski definition) is 3. The van der Waals surface area contributed by atoms with Gasteiger partial charge in [-0.1, -0.05) is 0 Å². The molecule has 1 atom stereocenters. The number of amides is 1. The van der Waals surface area contributed by atoms with Crippen LogP contribution in [0.2, 0.25) is 0 Å². The summed E-state index contributed by atoms with van der Waals surface area (Å²) in [6.07, 6.45) is 0.825. The van der Waals surface area contributed by atoms with E-state index in [2.05, 4.69) is 0 Å². The van der Waals surface area contributed by atoms with Gasteiger partial charge in [-0.3, -0.25) is 4.79 Å². The summed E-state index contributed by atoms with van der Waals surface area (Å²) in [6.45, 7) is 3.57. The second-order valence-electron chi connectivity index (χ2n) is 4.68. The van der Waals surface area contributed by atoms with Gasteiger partial charge in [0.15, 0.2) is 0 Å². The van der Waals surface area contributed by atoms with Gasteiger partial charge >= 0.3 is 0 Å². The lowest BCUT2D eigenvalue weighted by Crippen LogP contribution is -2.67. The van der Waals surface area contributed by atoms with Crippen molar-refractivity contribution in [1.82, 2.24) is 0 Å². The van der Waals surface area contributed by atoms with E-state index < -0.39 is 5.41 Å². The van der Waals surface area contributed by atoms with Crippen LogP contribution in [0.3, 0.4) is 0 Å². The number of aldehydes is 1. The van der Waals surface area contributed by atoms with Crippen molar-refractivity contribution in [2.45, 2.75) is 19.9 Å². The summed E-state index contributed by atoms with van der Waals surface area (Å²) in [4.78, 5) is 24.5. The molecule has 1 aliphatic heterocycles. The Kier molecular flexibility index (Phi) is 2.65. The number of hydrogen-bond donors (Lipinski definition) is 0. The van der Waals surface area contributed by atoms with E-state index in [4.69, 9.17) is 4.74 Å². The van der Waals surface area contributed by atoms with E-state index in [0.717, 1.165) is 17.7 Å². The van der Waals surface area contributed by atoms with Gasteiger partial charge in [0.25, 0.3) is 0 Å². The van der Waals surface area contributed by atoms with Crippen LogP contribution >= 0.6 is 0 Å². The third-order valence-electron chi connectivity index (χ3n) is 3.27. The van der Waals surface area contributed by atoms with Crippen LogP contribution in [0, 0.1) is 5.41 Å². The third-order valence-corrected chi connectivity index (χ3v) is 3.27. The van der Waals surface area contributed by atoms with E-state index in [-0.39, 0.29) is 11.9 Å². The summed E-state index contributed by atoms with van der Waals surface area (Å²) in [7, 11) is 1.58. The molecular formula is C13H15NO3. The molecule has 0 N–H and O–H groups in total. The van der Waals surface area contributed by atoms with Gasteiger partial charge in [-0.2, -0.15) is 0 Å². The number of anilines is 1. The molecule has 90 valence electrons.